The molecule has 0 heterocycles. The van der Waals surface area contributed by atoms with E-state index in [1.807, 2.05) is 24.3 Å². The summed E-state index contributed by atoms with van der Waals surface area (Å²) in [6, 6.07) is 6.79. The predicted octanol–water partition coefficient (Wildman–Crippen LogP) is 1.85. The molecule has 20 heavy (non-hydrogen) atoms. The van der Waals surface area contributed by atoms with Gasteiger partial charge in [-0.25, -0.2) is 13.1 Å². The van der Waals surface area contributed by atoms with Gasteiger partial charge in [0.05, 0.1) is 4.90 Å². The summed E-state index contributed by atoms with van der Waals surface area (Å²) in [5, 5.41) is 9.05. The molecule has 1 aliphatic carbocycles. The van der Waals surface area contributed by atoms with Gasteiger partial charge in [-0.2, -0.15) is 0 Å². The van der Waals surface area contributed by atoms with E-state index in [0.29, 0.717) is 11.3 Å². The third kappa shape index (κ3) is 3.69. The van der Waals surface area contributed by atoms with Gasteiger partial charge in [-0.15, -0.1) is 0 Å². The Kier molecular flexibility index (Phi) is 4.96. The maximum absolute atomic E-state index is 12.2. The summed E-state index contributed by atoms with van der Waals surface area (Å²) in [5.74, 6) is 0.0506. The fourth-order valence-electron chi connectivity index (χ4n) is 2.39. The van der Waals surface area contributed by atoms with E-state index in [9.17, 15) is 8.42 Å². The zero-order valence-electron chi connectivity index (χ0n) is 11.6. The maximum atomic E-state index is 12.2. The summed E-state index contributed by atoms with van der Waals surface area (Å²) in [5.41, 5.74) is 1.15. The van der Waals surface area contributed by atoms with Gasteiger partial charge in [-0.05, 0) is 30.5 Å². The Balaban J connectivity index is 2.05. The van der Waals surface area contributed by atoms with Crippen LogP contribution in [0.5, 0.6) is 0 Å². The first-order valence-electron chi connectivity index (χ1n) is 6.95. The number of sulfonamides is 1. The van der Waals surface area contributed by atoms with E-state index in [-0.39, 0.29) is 18.6 Å². The van der Waals surface area contributed by atoms with E-state index in [1.54, 1.807) is 12.1 Å². The van der Waals surface area contributed by atoms with Crippen LogP contribution in [0.2, 0.25) is 0 Å². The van der Waals surface area contributed by atoms with Crippen molar-refractivity contribution >= 4 is 10.0 Å². The molecule has 2 N–H and O–H groups in total. The van der Waals surface area contributed by atoms with Gasteiger partial charge in [0.1, 0.15) is 0 Å². The molecule has 0 aromatic heterocycles. The Labute approximate surface area is 120 Å². The number of benzene rings is 1. The van der Waals surface area contributed by atoms with E-state index in [1.165, 1.54) is 0 Å². The molecule has 0 fully saturated rings. The average molecular weight is 295 g/mol. The highest BCUT2D eigenvalue weighted by Crippen LogP contribution is 2.20. The Bertz CT molecular complexity index is 563. The minimum Gasteiger partial charge on any atom is -0.396 e. The van der Waals surface area contributed by atoms with Crippen LogP contribution in [0.1, 0.15) is 25.3 Å². The maximum Gasteiger partial charge on any atom is 0.241 e. The molecule has 1 aromatic rings. The molecule has 0 saturated carbocycles. The largest absolute Gasteiger partial charge is 0.396 e. The molecule has 2 rings (SSSR count). The van der Waals surface area contributed by atoms with Gasteiger partial charge >= 0.3 is 0 Å². The Hall–Kier alpha value is -1.17. The van der Waals surface area contributed by atoms with Crippen LogP contribution in [-0.2, 0) is 16.4 Å². The molecule has 0 bridgehead atoms. The highest BCUT2D eigenvalue weighted by Gasteiger charge is 2.23. The molecule has 5 heteroatoms. The van der Waals surface area contributed by atoms with E-state index < -0.39 is 10.0 Å². The third-order valence-corrected chi connectivity index (χ3v) is 4.99. The van der Waals surface area contributed by atoms with Crippen LogP contribution in [0, 0.1) is 5.92 Å². The van der Waals surface area contributed by atoms with Crippen molar-refractivity contribution in [2.45, 2.75) is 37.1 Å². The van der Waals surface area contributed by atoms with Crippen molar-refractivity contribution in [3.63, 3.8) is 0 Å². The van der Waals surface area contributed by atoms with Crippen molar-refractivity contribution < 1.29 is 13.5 Å². The molecule has 0 radical (unpaired) electrons. The molecule has 1 aromatic carbocycles. The third-order valence-electron chi connectivity index (χ3n) is 3.49. The van der Waals surface area contributed by atoms with Crippen LogP contribution in [0.25, 0.3) is 0 Å². The van der Waals surface area contributed by atoms with Crippen molar-refractivity contribution in [1.82, 2.24) is 4.72 Å². The van der Waals surface area contributed by atoms with Gasteiger partial charge in [0.25, 0.3) is 0 Å². The smallest absolute Gasteiger partial charge is 0.241 e. The lowest BCUT2D eigenvalue weighted by atomic mass is 10.1. The number of aryl methyl sites for hydroxylation is 1. The second-order valence-electron chi connectivity index (χ2n) is 5.18. The predicted molar refractivity (Wildman–Crippen MR) is 78.9 cm³/mol. The van der Waals surface area contributed by atoms with Crippen molar-refractivity contribution in [2.75, 3.05) is 6.61 Å². The van der Waals surface area contributed by atoms with E-state index in [2.05, 4.69) is 11.6 Å². The molecule has 110 valence electrons. The molecule has 0 unspecified atom stereocenters. The Morgan fingerprint density at radius 2 is 1.95 bits per heavy atom. The van der Waals surface area contributed by atoms with Crippen molar-refractivity contribution in [3.05, 3.63) is 42.0 Å². The fourth-order valence-corrected chi connectivity index (χ4v) is 3.59. The van der Waals surface area contributed by atoms with Gasteiger partial charge in [0.15, 0.2) is 0 Å². The molecule has 2 atom stereocenters. The zero-order valence-corrected chi connectivity index (χ0v) is 12.4. The fraction of sp³-hybridized carbons (Fsp3) is 0.467. The van der Waals surface area contributed by atoms with Gasteiger partial charge in [0.2, 0.25) is 10.0 Å². The highest BCUT2D eigenvalue weighted by molar-refractivity contribution is 7.89. The first kappa shape index (κ1) is 15.2. The SMILES string of the molecule is CCCc1ccc(S(=O)(=O)N[C@@H]2C=C[C@H](CO)C2)cc1. The van der Waals surface area contributed by atoms with Gasteiger partial charge in [0, 0.05) is 18.6 Å². The molecule has 0 amide bonds. The summed E-state index contributed by atoms with van der Waals surface area (Å²) in [6.45, 7) is 2.15. The lowest BCUT2D eigenvalue weighted by molar-refractivity contribution is 0.248. The van der Waals surface area contributed by atoms with Crippen LogP contribution >= 0.6 is 0 Å². The first-order valence-corrected chi connectivity index (χ1v) is 8.44. The standard InChI is InChI=1S/C15H21NO3S/c1-2-3-12-5-8-15(9-6-12)20(18,19)16-14-7-4-13(10-14)11-17/h4-9,13-14,16-17H,2-3,10-11H2,1H3/t13-,14+/m0/s1. The number of hydrogen-bond donors (Lipinski definition) is 2. The van der Waals surface area contributed by atoms with Crippen molar-refractivity contribution in [2.24, 2.45) is 5.92 Å². The minimum atomic E-state index is -3.49. The summed E-state index contributed by atoms with van der Waals surface area (Å²) >= 11 is 0. The average Bonchev–Trinajstić information content (AvgIpc) is 2.87. The number of rotatable bonds is 6. The second kappa shape index (κ2) is 6.52. The zero-order chi connectivity index (χ0) is 14.6. The first-order chi connectivity index (χ1) is 9.55. The second-order valence-corrected chi connectivity index (χ2v) is 6.90. The summed E-state index contributed by atoms with van der Waals surface area (Å²) in [6.07, 6.45) is 6.28. The molecule has 4 nitrogen and oxygen atoms in total. The lowest BCUT2D eigenvalue weighted by Crippen LogP contribution is -2.32. The monoisotopic (exact) mass is 295 g/mol. The molecule has 0 saturated heterocycles. The summed E-state index contributed by atoms with van der Waals surface area (Å²) in [4.78, 5) is 0.290. The van der Waals surface area contributed by atoms with Crippen LogP contribution < -0.4 is 4.72 Å². The number of aliphatic hydroxyl groups is 1. The van der Waals surface area contributed by atoms with Crippen LogP contribution in [-0.4, -0.2) is 26.2 Å². The lowest BCUT2D eigenvalue weighted by Gasteiger charge is -2.13. The Morgan fingerprint density at radius 3 is 2.50 bits per heavy atom. The minimum absolute atomic E-state index is 0.0506. The highest BCUT2D eigenvalue weighted by atomic mass is 32.2. The summed E-state index contributed by atoms with van der Waals surface area (Å²) in [7, 11) is -3.49. The van der Waals surface area contributed by atoms with Crippen LogP contribution in [0.4, 0.5) is 0 Å². The van der Waals surface area contributed by atoms with Gasteiger partial charge in [-0.1, -0.05) is 37.6 Å². The van der Waals surface area contributed by atoms with Gasteiger partial charge < -0.3 is 5.11 Å². The van der Waals surface area contributed by atoms with Crippen LogP contribution in [0.3, 0.4) is 0 Å². The number of hydrogen-bond acceptors (Lipinski definition) is 3. The quantitative estimate of drug-likeness (QED) is 0.787. The molecule has 1 aliphatic rings. The molecule has 0 spiro atoms. The van der Waals surface area contributed by atoms with Crippen molar-refractivity contribution in [3.8, 4) is 0 Å². The van der Waals surface area contributed by atoms with Crippen molar-refractivity contribution in [1.29, 1.82) is 0 Å². The molecular formula is C15H21NO3S. The summed E-state index contributed by atoms with van der Waals surface area (Å²) < 4.78 is 27.2. The van der Waals surface area contributed by atoms with Gasteiger partial charge in [-0.3, -0.25) is 0 Å². The van der Waals surface area contributed by atoms with E-state index in [0.717, 1.165) is 18.4 Å². The van der Waals surface area contributed by atoms with E-state index >= 15 is 0 Å². The number of aliphatic hydroxyl groups excluding tert-OH is 1. The van der Waals surface area contributed by atoms with Crippen LogP contribution in [0.15, 0.2) is 41.3 Å². The normalized spacial score (nSPS) is 22.3. The number of nitrogens with one attached hydrogen (secondary N) is 1. The Morgan fingerprint density at radius 1 is 1.25 bits per heavy atom. The molecular weight excluding hydrogens is 274 g/mol. The molecule has 0 aliphatic heterocycles. The van der Waals surface area contributed by atoms with E-state index in [4.69, 9.17) is 5.11 Å². The topological polar surface area (TPSA) is 66.4 Å².